The number of anilines is 1. The van der Waals surface area contributed by atoms with Crippen LogP contribution in [0.5, 0.6) is 0 Å². The van der Waals surface area contributed by atoms with Crippen LogP contribution < -0.4 is 5.73 Å². The molecule has 2 N–H and O–H groups in total. The molecule has 0 saturated heterocycles. The maximum absolute atomic E-state index is 8.95. The Balaban J connectivity index is 2.31. The van der Waals surface area contributed by atoms with Crippen LogP contribution >= 0.6 is 0 Å². The van der Waals surface area contributed by atoms with Crippen molar-refractivity contribution < 1.29 is 0 Å². The summed E-state index contributed by atoms with van der Waals surface area (Å²) in [6.45, 7) is 2.43. The first-order valence-corrected chi connectivity index (χ1v) is 4.98. The monoisotopic (exact) mass is 212 g/mol. The van der Waals surface area contributed by atoms with E-state index in [0.29, 0.717) is 17.8 Å². The lowest BCUT2D eigenvalue weighted by Crippen LogP contribution is -2.02. The lowest BCUT2D eigenvalue weighted by molar-refractivity contribution is 0.678. The summed E-state index contributed by atoms with van der Waals surface area (Å²) >= 11 is 0. The highest BCUT2D eigenvalue weighted by atomic mass is 15.3. The molecule has 2 aromatic rings. The zero-order valence-electron chi connectivity index (χ0n) is 9.01. The molecule has 0 aliphatic rings. The molecule has 0 fully saturated rings. The van der Waals surface area contributed by atoms with Gasteiger partial charge in [-0.1, -0.05) is 18.2 Å². The molecule has 0 radical (unpaired) electrons. The number of nitrogen functional groups attached to an aromatic ring is 1. The number of hydrogen-bond acceptors (Lipinski definition) is 3. The van der Waals surface area contributed by atoms with Gasteiger partial charge in [0, 0.05) is 6.20 Å². The standard InChI is InChI=1S/C12H12N4/c1-9-12(14)8-16(15-9)7-11-5-3-2-4-10(11)6-13/h2-5,8H,7,14H2,1H3. The lowest BCUT2D eigenvalue weighted by atomic mass is 10.1. The van der Waals surface area contributed by atoms with E-state index >= 15 is 0 Å². The van der Waals surface area contributed by atoms with Crippen molar-refractivity contribution >= 4 is 5.69 Å². The summed E-state index contributed by atoms with van der Waals surface area (Å²) in [5.41, 5.74) is 8.83. The van der Waals surface area contributed by atoms with Gasteiger partial charge in [0.25, 0.3) is 0 Å². The zero-order valence-corrected chi connectivity index (χ0v) is 9.01. The maximum atomic E-state index is 8.95. The second-order valence-electron chi connectivity index (χ2n) is 3.64. The quantitative estimate of drug-likeness (QED) is 0.823. The van der Waals surface area contributed by atoms with Crippen molar-refractivity contribution in [3.8, 4) is 6.07 Å². The first kappa shape index (κ1) is 10.2. The third-order valence-corrected chi connectivity index (χ3v) is 2.45. The van der Waals surface area contributed by atoms with E-state index in [1.54, 1.807) is 16.9 Å². The van der Waals surface area contributed by atoms with Crippen molar-refractivity contribution in [2.24, 2.45) is 0 Å². The van der Waals surface area contributed by atoms with Crippen LogP contribution in [-0.4, -0.2) is 9.78 Å². The summed E-state index contributed by atoms with van der Waals surface area (Å²) in [6, 6.07) is 9.65. The molecule has 0 spiro atoms. The van der Waals surface area contributed by atoms with E-state index in [1.165, 1.54) is 0 Å². The van der Waals surface area contributed by atoms with Gasteiger partial charge in [0.05, 0.1) is 29.6 Å². The molecule has 0 amide bonds. The highest BCUT2D eigenvalue weighted by molar-refractivity contribution is 5.41. The van der Waals surface area contributed by atoms with Crippen LogP contribution in [0.4, 0.5) is 5.69 Å². The minimum absolute atomic E-state index is 0.571. The number of nitrogens with two attached hydrogens (primary N) is 1. The summed E-state index contributed by atoms with van der Waals surface area (Å²) in [4.78, 5) is 0. The molecule has 0 saturated carbocycles. The fraction of sp³-hybridized carbons (Fsp3) is 0.167. The van der Waals surface area contributed by atoms with Crippen molar-refractivity contribution in [3.05, 3.63) is 47.3 Å². The molecule has 4 heteroatoms. The molecule has 0 aliphatic heterocycles. The van der Waals surface area contributed by atoms with E-state index < -0.39 is 0 Å². The Morgan fingerprint density at radius 1 is 1.44 bits per heavy atom. The van der Waals surface area contributed by atoms with Crippen LogP contribution in [0.2, 0.25) is 0 Å². The number of benzene rings is 1. The number of aromatic nitrogens is 2. The third kappa shape index (κ3) is 1.89. The van der Waals surface area contributed by atoms with Crippen LogP contribution in [0.15, 0.2) is 30.5 Å². The van der Waals surface area contributed by atoms with Crippen LogP contribution in [0.1, 0.15) is 16.8 Å². The van der Waals surface area contributed by atoms with E-state index in [4.69, 9.17) is 11.0 Å². The van der Waals surface area contributed by atoms with Gasteiger partial charge in [-0.25, -0.2) is 0 Å². The second kappa shape index (κ2) is 4.07. The SMILES string of the molecule is Cc1nn(Cc2ccccc2C#N)cc1N. The van der Waals surface area contributed by atoms with Gasteiger partial charge in [-0.2, -0.15) is 10.4 Å². The van der Waals surface area contributed by atoms with Gasteiger partial charge >= 0.3 is 0 Å². The predicted octanol–water partition coefficient (Wildman–Crippen LogP) is 1.69. The average Bonchev–Trinajstić information content (AvgIpc) is 2.59. The van der Waals surface area contributed by atoms with Crippen molar-refractivity contribution in [1.82, 2.24) is 9.78 Å². The van der Waals surface area contributed by atoms with Crippen LogP contribution in [-0.2, 0) is 6.54 Å². The Bertz CT molecular complexity index is 529. The molecule has 80 valence electrons. The highest BCUT2D eigenvalue weighted by Gasteiger charge is 2.04. The minimum atomic E-state index is 0.571. The van der Waals surface area contributed by atoms with Crippen molar-refractivity contribution in [2.45, 2.75) is 13.5 Å². The molecule has 1 aromatic carbocycles. The summed E-state index contributed by atoms with van der Waals surface area (Å²) in [6.07, 6.45) is 1.78. The fourth-order valence-electron chi connectivity index (χ4n) is 1.56. The molecule has 0 atom stereocenters. The first-order valence-electron chi connectivity index (χ1n) is 4.98. The van der Waals surface area contributed by atoms with Crippen molar-refractivity contribution in [1.29, 1.82) is 5.26 Å². The smallest absolute Gasteiger partial charge is 0.0995 e. The number of nitriles is 1. The van der Waals surface area contributed by atoms with Gasteiger partial charge in [-0.05, 0) is 18.6 Å². The Morgan fingerprint density at radius 2 is 2.19 bits per heavy atom. The Hall–Kier alpha value is -2.28. The van der Waals surface area contributed by atoms with Gasteiger partial charge in [-0.15, -0.1) is 0 Å². The molecule has 2 rings (SSSR count). The van der Waals surface area contributed by atoms with Gasteiger partial charge in [0.1, 0.15) is 0 Å². The fourth-order valence-corrected chi connectivity index (χ4v) is 1.56. The normalized spacial score (nSPS) is 10.0. The Morgan fingerprint density at radius 3 is 2.81 bits per heavy atom. The number of aryl methyl sites for hydroxylation is 1. The third-order valence-electron chi connectivity index (χ3n) is 2.45. The second-order valence-corrected chi connectivity index (χ2v) is 3.64. The highest BCUT2D eigenvalue weighted by Crippen LogP contribution is 2.12. The molecule has 16 heavy (non-hydrogen) atoms. The van der Waals surface area contributed by atoms with Crippen LogP contribution in [0.25, 0.3) is 0 Å². The lowest BCUT2D eigenvalue weighted by Gasteiger charge is -2.03. The predicted molar refractivity (Wildman–Crippen MR) is 61.6 cm³/mol. The maximum Gasteiger partial charge on any atom is 0.0995 e. The molecular formula is C12H12N4. The molecule has 1 aromatic heterocycles. The number of hydrogen-bond donors (Lipinski definition) is 1. The molecular weight excluding hydrogens is 200 g/mol. The minimum Gasteiger partial charge on any atom is -0.396 e. The zero-order chi connectivity index (χ0) is 11.5. The van der Waals surface area contributed by atoms with Crippen molar-refractivity contribution in [3.63, 3.8) is 0 Å². The van der Waals surface area contributed by atoms with Gasteiger partial charge < -0.3 is 5.73 Å². The molecule has 4 nitrogen and oxygen atoms in total. The van der Waals surface area contributed by atoms with Gasteiger partial charge in [-0.3, -0.25) is 4.68 Å². The van der Waals surface area contributed by atoms with Gasteiger partial charge in [0.2, 0.25) is 0 Å². The molecule has 0 unspecified atom stereocenters. The topological polar surface area (TPSA) is 67.6 Å². The Labute approximate surface area is 93.9 Å². The van der Waals surface area contributed by atoms with E-state index in [0.717, 1.165) is 11.3 Å². The van der Waals surface area contributed by atoms with Crippen LogP contribution in [0, 0.1) is 18.3 Å². The molecule has 0 bridgehead atoms. The van der Waals surface area contributed by atoms with E-state index in [-0.39, 0.29) is 0 Å². The Kier molecular flexibility index (Phi) is 2.61. The molecule has 1 heterocycles. The number of nitrogens with zero attached hydrogens (tertiary/aromatic N) is 3. The number of rotatable bonds is 2. The van der Waals surface area contributed by atoms with Gasteiger partial charge in [0.15, 0.2) is 0 Å². The summed E-state index contributed by atoms with van der Waals surface area (Å²) in [5, 5.41) is 13.2. The first-order chi connectivity index (χ1) is 7.70. The van der Waals surface area contributed by atoms with Crippen LogP contribution in [0.3, 0.4) is 0 Å². The summed E-state index contributed by atoms with van der Waals surface area (Å²) in [5.74, 6) is 0. The molecule has 0 aliphatic carbocycles. The summed E-state index contributed by atoms with van der Waals surface area (Å²) in [7, 11) is 0. The van der Waals surface area contributed by atoms with Crippen molar-refractivity contribution in [2.75, 3.05) is 5.73 Å². The van der Waals surface area contributed by atoms with E-state index in [9.17, 15) is 0 Å². The summed E-state index contributed by atoms with van der Waals surface area (Å²) < 4.78 is 1.75. The van der Waals surface area contributed by atoms with E-state index in [1.807, 2.05) is 25.1 Å². The van der Waals surface area contributed by atoms with E-state index in [2.05, 4.69) is 11.2 Å². The average molecular weight is 212 g/mol. The largest absolute Gasteiger partial charge is 0.396 e.